The first kappa shape index (κ1) is 18.2. The number of anilines is 3. The summed E-state index contributed by atoms with van der Waals surface area (Å²) in [6.07, 6.45) is 5.48. The van der Waals surface area contributed by atoms with Crippen molar-refractivity contribution in [2.45, 2.75) is 25.8 Å². The van der Waals surface area contributed by atoms with Crippen LogP contribution >= 0.6 is 0 Å². The summed E-state index contributed by atoms with van der Waals surface area (Å²) in [4.78, 5) is 20.9. The molecule has 1 aliphatic rings. The number of nitrogens with one attached hydrogen (secondary N) is 1. The van der Waals surface area contributed by atoms with Gasteiger partial charge >= 0.3 is 0 Å². The maximum absolute atomic E-state index is 12.2. The van der Waals surface area contributed by atoms with E-state index >= 15 is 0 Å². The lowest BCUT2D eigenvalue weighted by Gasteiger charge is -2.13. The van der Waals surface area contributed by atoms with Gasteiger partial charge in [0.15, 0.2) is 0 Å². The third-order valence-corrected chi connectivity index (χ3v) is 5.18. The Hall–Kier alpha value is -3.87. The molecule has 0 atom stereocenters. The van der Waals surface area contributed by atoms with Gasteiger partial charge in [-0.25, -0.2) is 9.97 Å². The fourth-order valence-electron chi connectivity index (χ4n) is 3.47. The molecule has 0 saturated heterocycles. The van der Waals surface area contributed by atoms with Crippen LogP contribution in [0, 0.1) is 6.92 Å². The van der Waals surface area contributed by atoms with Gasteiger partial charge in [-0.2, -0.15) is 0 Å². The molecule has 1 aliphatic carbocycles. The average molecular weight is 399 g/mol. The van der Waals surface area contributed by atoms with E-state index in [2.05, 4.69) is 15.3 Å². The molecule has 7 nitrogen and oxygen atoms in total. The molecule has 7 heteroatoms. The fourth-order valence-corrected chi connectivity index (χ4v) is 3.47. The Morgan fingerprint density at radius 3 is 2.73 bits per heavy atom. The third-order valence-electron chi connectivity index (χ3n) is 5.18. The third kappa shape index (κ3) is 3.57. The van der Waals surface area contributed by atoms with Crippen LogP contribution in [0.2, 0.25) is 0 Å². The number of hydrogen-bond acceptors (Lipinski definition) is 6. The minimum Gasteiger partial charge on any atom is -0.457 e. The van der Waals surface area contributed by atoms with E-state index in [1.807, 2.05) is 55.6 Å². The van der Waals surface area contributed by atoms with Gasteiger partial charge in [-0.05, 0) is 67.8 Å². The summed E-state index contributed by atoms with van der Waals surface area (Å²) >= 11 is 0. The van der Waals surface area contributed by atoms with Gasteiger partial charge in [-0.1, -0.05) is 0 Å². The molecule has 2 aromatic carbocycles. The zero-order valence-electron chi connectivity index (χ0n) is 16.5. The van der Waals surface area contributed by atoms with Crippen molar-refractivity contribution < 1.29 is 4.74 Å². The van der Waals surface area contributed by atoms with Gasteiger partial charge in [-0.3, -0.25) is 4.79 Å². The highest BCUT2D eigenvalue weighted by molar-refractivity contribution is 5.92. The largest absolute Gasteiger partial charge is 0.457 e. The van der Waals surface area contributed by atoms with E-state index in [9.17, 15) is 4.79 Å². The van der Waals surface area contributed by atoms with Crippen molar-refractivity contribution in [1.29, 1.82) is 0 Å². The minimum absolute atomic E-state index is 0.0270. The van der Waals surface area contributed by atoms with Crippen molar-refractivity contribution in [3.8, 4) is 11.5 Å². The summed E-state index contributed by atoms with van der Waals surface area (Å²) in [6.45, 7) is 1.96. The molecule has 150 valence electrons. The number of ether oxygens (including phenoxy) is 1. The Morgan fingerprint density at radius 1 is 1.10 bits per heavy atom. The van der Waals surface area contributed by atoms with Crippen molar-refractivity contribution >= 4 is 28.1 Å². The smallest absolute Gasteiger partial charge is 0.254 e. The highest BCUT2D eigenvalue weighted by atomic mass is 16.5. The first-order chi connectivity index (χ1) is 14.6. The topological polar surface area (TPSA) is 95.1 Å². The number of nitrogen functional groups attached to an aromatic ring is 1. The number of nitrogens with zero attached hydrogens (tertiary/aromatic N) is 3. The van der Waals surface area contributed by atoms with Crippen molar-refractivity contribution in [2.24, 2.45) is 0 Å². The molecule has 0 amide bonds. The highest BCUT2D eigenvalue weighted by Crippen LogP contribution is 2.34. The Labute approximate surface area is 173 Å². The van der Waals surface area contributed by atoms with Crippen LogP contribution in [-0.4, -0.2) is 14.5 Å². The number of benzene rings is 2. The van der Waals surface area contributed by atoms with Crippen LogP contribution in [0.3, 0.4) is 0 Å². The predicted molar refractivity (Wildman–Crippen MR) is 117 cm³/mol. The highest BCUT2D eigenvalue weighted by Gasteiger charge is 2.24. The average Bonchev–Trinajstić information content (AvgIpc) is 3.56. The number of nitrogens with two attached hydrogens (primary N) is 1. The van der Waals surface area contributed by atoms with Gasteiger partial charge in [0.1, 0.15) is 23.6 Å². The number of rotatable bonds is 5. The zero-order valence-corrected chi connectivity index (χ0v) is 16.5. The van der Waals surface area contributed by atoms with Crippen LogP contribution in [0.5, 0.6) is 11.5 Å². The van der Waals surface area contributed by atoms with Crippen molar-refractivity contribution in [2.75, 3.05) is 11.1 Å². The van der Waals surface area contributed by atoms with Crippen molar-refractivity contribution in [3.63, 3.8) is 0 Å². The minimum atomic E-state index is -0.0270. The summed E-state index contributed by atoms with van der Waals surface area (Å²) in [5.74, 6) is 1.92. The lowest BCUT2D eigenvalue weighted by atomic mass is 10.2. The summed E-state index contributed by atoms with van der Waals surface area (Å²) in [7, 11) is 0. The zero-order chi connectivity index (χ0) is 20.7. The fraction of sp³-hybridized carbons (Fsp3) is 0.174. The molecule has 30 heavy (non-hydrogen) atoms. The summed E-state index contributed by atoms with van der Waals surface area (Å²) < 4.78 is 7.72. The van der Waals surface area contributed by atoms with Crippen LogP contribution in [0.1, 0.15) is 24.4 Å². The van der Waals surface area contributed by atoms with Gasteiger partial charge in [-0.15, -0.1) is 0 Å². The molecular formula is C23H21N5O2. The van der Waals surface area contributed by atoms with Gasteiger partial charge in [0.05, 0.1) is 5.52 Å². The molecule has 1 fully saturated rings. The Balaban J connectivity index is 1.38. The predicted octanol–water partition coefficient (Wildman–Crippen LogP) is 4.55. The molecule has 0 unspecified atom stereocenters. The van der Waals surface area contributed by atoms with Crippen LogP contribution in [0.25, 0.3) is 10.9 Å². The standard InChI is InChI=1S/C23H21N5O2/c1-14-10-16(27-23-19-11-15(24)2-6-20(19)25-13-26-23)3-7-21(14)30-18-8-9-28(17-4-5-17)22(29)12-18/h2-3,6-13,17H,4-5,24H2,1H3,(H,25,26,27). The van der Waals surface area contributed by atoms with E-state index in [1.165, 1.54) is 6.33 Å². The maximum Gasteiger partial charge on any atom is 0.254 e. The van der Waals surface area contributed by atoms with Crippen LogP contribution in [-0.2, 0) is 0 Å². The lowest BCUT2D eigenvalue weighted by molar-refractivity contribution is 0.475. The molecule has 0 aliphatic heterocycles. The van der Waals surface area contributed by atoms with E-state index in [0.717, 1.165) is 35.0 Å². The normalized spacial score (nSPS) is 13.4. The second-order valence-corrected chi connectivity index (χ2v) is 7.55. The summed E-state index contributed by atoms with van der Waals surface area (Å²) in [5.41, 5.74) is 9.17. The molecule has 2 aromatic heterocycles. The molecule has 5 rings (SSSR count). The second-order valence-electron chi connectivity index (χ2n) is 7.55. The second kappa shape index (κ2) is 7.18. The quantitative estimate of drug-likeness (QED) is 0.478. The first-order valence-electron chi connectivity index (χ1n) is 9.85. The Bertz CT molecular complexity index is 1310. The van der Waals surface area contributed by atoms with E-state index in [0.29, 0.717) is 29.0 Å². The number of aromatic nitrogens is 3. The summed E-state index contributed by atoms with van der Waals surface area (Å²) in [6, 6.07) is 15.0. The van der Waals surface area contributed by atoms with Crippen LogP contribution in [0.15, 0.2) is 65.8 Å². The maximum atomic E-state index is 12.2. The number of pyridine rings is 1. The molecule has 1 saturated carbocycles. The van der Waals surface area contributed by atoms with Crippen molar-refractivity contribution in [3.05, 3.63) is 77.0 Å². The molecule has 2 heterocycles. The van der Waals surface area contributed by atoms with Gasteiger partial charge in [0.25, 0.3) is 5.56 Å². The van der Waals surface area contributed by atoms with Gasteiger partial charge < -0.3 is 20.4 Å². The van der Waals surface area contributed by atoms with Crippen LogP contribution < -0.4 is 21.3 Å². The first-order valence-corrected chi connectivity index (χ1v) is 9.85. The van der Waals surface area contributed by atoms with Gasteiger partial charge in [0, 0.05) is 35.1 Å². The Morgan fingerprint density at radius 2 is 1.97 bits per heavy atom. The van der Waals surface area contributed by atoms with E-state index in [1.54, 1.807) is 10.6 Å². The summed E-state index contributed by atoms with van der Waals surface area (Å²) in [5, 5.41) is 4.18. The molecule has 4 aromatic rings. The monoisotopic (exact) mass is 399 g/mol. The molecule has 0 bridgehead atoms. The van der Waals surface area contributed by atoms with E-state index < -0.39 is 0 Å². The molecule has 3 N–H and O–H groups in total. The number of fused-ring (bicyclic) bond motifs is 1. The van der Waals surface area contributed by atoms with Gasteiger partial charge in [0.2, 0.25) is 0 Å². The molecular weight excluding hydrogens is 378 g/mol. The Kier molecular flexibility index (Phi) is 4.35. The van der Waals surface area contributed by atoms with Crippen LogP contribution in [0.4, 0.5) is 17.2 Å². The number of hydrogen-bond donors (Lipinski definition) is 2. The molecule has 0 radical (unpaired) electrons. The number of aryl methyl sites for hydroxylation is 1. The lowest BCUT2D eigenvalue weighted by Crippen LogP contribution is -2.16. The SMILES string of the molecule is Cc1cc(Nc2ncnc3ccc(N)cc23)ccc1Oc1ccn(C2CC2)c(=O)c1. The van der Waals surface area contributed by atoms with E-state index in [-0.39, 0.29) is 5.56 Å². The van der Waals surface area contributed by atoms with E-state index in [4.69, 9.17) is 10.5 Å². The molecule has 0 spiro atoms. The van der Waals surface area contributed by atoms with Crippen molar-refractivity contribution in [1.82, 2.24) is 14.5 Å².